The van der Waals surface area contributed by atoms with E-state index < -0.39 is 0 Å². The van der Waals surface area contributed by atoms with Gasteiger partial charge in [0.25, 0.3) is 0 Å². The summed E-state index contributed by atoms with van der Waals surface area (Å²) in [6.45, 7) is 2.55. The van der Waals surface area contributed by atoms with E-state index in [-0.39, 0.29) is 0 Å². The van der Waals surface area contributed by atoms with Crippen LogP contribution in [0.2, 0.25) is 0 Å². The van der Waals surface area contributed by atoms with Gasteiger partial charge in [-0.15, -0.1) is 0 Å². The van der Waals surface area contributed by atoms with Crippen LogP contribution in [0.5, 0.6) is 5.75 Å². The third kappa shape index (κ3) is 2.04. The molecule has 0 amide bonds. The lowest BCUT2D eigenvalue weighted by Gasteiger charge is -2.03. The SMILES string of the molecule is COc1ccc(-c2cc3cc(CN)ncn3c2C)cc1. The zero-order valence-electron chi connectivity index (χ0n) is 11.6. The number of aryl methyl sites for hydroxylation is 1. The molecule has 3 aromatic rings. The number of hydrogen-bond donors (Lipinski definition) is 1. The topological polar surface area (TPSA) is 52.5 Å². The summed E-state index contributed by atoms with van der Waals surface area (Å²) in [6.07, 6.45) is 1.83. The molecule has 2 heterocycles. The summed E-state index contributed by atoms with van der Waals surface area (Å²) in [7, 11) is 1.67. The van der Waals surface area contributed by atoms with Gasteiger partial charge in [0.1, 0.15) is 5.75 Å². The van der Waals surface area contributed by atoms with Crippen LogP contribution in [0.1, 0.15) is 11.4 Å². The highest BCUT2D eigenvalue weighted by Crippen LogP contribution is 2.28. The number of hydrogen-bond acceptors (Lipinski definition) is 3. The largest absolute Gasteiger partial charge is 0.497 e. The molecule has 0 fully saturated rings. The normalized spacial score (nSPS) is 10.9. The fraction of sp³-hybridized carbons (Fsp3) is 0.188. The molecule has 2 aromatic heterocycles. The zero-order chi connectivity index (χ0) is 14.1. The molecule has 0 atom stereocenters. The summed E-state index contributed by atoms with van der Waals surface area (Å²) < 4.78 is 7.28. The number of benzene rings is 1. The first-order chi connectivity index (χ1) is 9.72. The van der Waals surface area contributed by atoms with Crippen molar-refractivity contribution in [2.75, 3.05) is 7.11 Å². The third-order valence-electron chi connectivity index (χ3n) is 3.59. The maximum atomic E-state index is 5.64. The minimum absolute atomic E-state index is 0.457. The molecule has 0 saturated heterocycles. The van der Waals surface area contributed by atoms with Crippen LogP contribution in [0.4, 0.5) is 0 Å². The number of aromatic nitrogens is 2. The molecular weight excluding hydrogens is 250 g/mol. The van der Waals surface area contributed by atoms with Crippen LogP contribution in [0, 0.1) is 6.92 Å². The van der Waals surface area contributed by atoms with Crippen molar-refractivity contribution in [1.82, 2.24) is 9.38 Å². The van der Waals surface area contributed by atoms with E-state index in [2.05, 4.69) is 34.5 Å². The minimum atomic E-state index is 0.457. The molecule has 0 spiro atoms. The summed E-state index contributed by atoms with van der Waals surface area (Å²) in [5, 5.41) is 0. The molecule has 102 valence electrons. The Bertz CT molecular complexity index is 744. The summed E-state index contributed by atoms with van der Waals surface area (Å²) in [5.74, 6) is 0.863. The van der Waals surface area contributed by atoms with Crippen LogP contribution in [0.15, 0.2) is 42.7 Å². The first kappa shape index (κ1) is 12.7. The number of ether oxygens (including phenoxy) is 1. The molecule has 0 bridgehead atoms. The van der Waals surface area contributed by atoms with Crippen molar-refractivity contribution < 1.29 is 4.74 Å². The van der Waals surface area contributed by atoms with E-state index in [0.717, 1.165) is 17.0 Å². The second-order valence-electron chi connectivity index (χ2n) is 4.75. The first-order valence-electron chi connectivity index (χ1n) is 6.54. The minimum Gasteiger partial charge on any atom is -0.497 e. The molecule has 4 nitrogen and oxygen atoms in total. The van der Waals surface area contributed by atoms with Crippen LogP contribution >= 0.6 is 0 Å². The van der Waals surface area contributed by atoms with Crippen molar-refractivity contribution in [2.24, 2.45) is 5.73 Å². The lowest BCUT2D eigenvalue weighted by molar-refractivity contribution is 0.415. The first-order valence-corrected chi connectivity index (χ1v) is 6.54. The van der Waals surface area contributed by atoms with Crippen LogP contribution in [0.3, 0.4) is 0 Å². The van der Waals surface area contributed by atoms with Crippen LogP contribution in [0.25, 0.3) is 16.6 Å². The molecule has 2 N–H and O–H groups in total. The third-order valence-corrected chi connectivity index (χ3v) is 3.59. The van der Waals surface area contributed by atoms with E-state index in [0.29, 0.717) is 6.54 Å². The highest BCUT2D eigenvalue weighted by molar-refractivity contribution is 5.74. The van der Waals surface area contributed by atoms with Crippen LogP contribution in [-0.2, 0) is 6.54 Å². The molecule has 0 aliphatic carbocycles. The average Bonchev–Trinajstić information content (AvgIpc) is 2.84. The van der Waals surface area contributed by atoms with Gasteiger partial charge in [-0.1, -0.05) is 12.1 Å². The van der Waals surface area contributed by atoms with E-state index in [1.54, 1.807) is 7.11 Å². The van der Waals surface area contributed by atoms with Gasteiger partial charge in [-0.2, -0.15) is 0 Å². The molecule has 4 heteroatoms. The van der Waals surface area contributed by atoms with Crippen molar-refractivity contribution in [3.05, 3.63) is 54.1 Å². The van der Waals surface area contributed by atoms with Gasteiger partial charge in [0.2, 0.25) is 0 Å². The smallest absolute Gasteiger partial charge is 0.118 e. The van der Waals surface area contributed by atoms with Gasteiger partial charge >= 0.3 is 0 Å². The van der Waals surface area contributed by atoms with Gasteiger partial charge in [-0.25, -0.2) is 4.98 Å². The van der Waals surface area contributed by atoms with Crippen molar-refractivity contribution in [2.45, 2.75) is 13.5 Å². The van der Waals surface area contributed by atoms with Crippen molar-refractivity contribution in [1.29, 1.82) is 0 Å². The lowest BCUT2D eigenvalue weighted by Crippen LogP contribution is -2.01. The van der Waals surface area contributed by atoms with E-state index in [1.165, 1.54) is 16.8 Å². The Balaban J connectivity index is 2.12. The van der Waals surface area contributed by atoms with E-state index >= 15 is 0 Å². The predicted octanol–water partition coefficient (Wildman–Crippen LogP) is 2.78. The molecule has 0 aliphatic heterocycles. The molecular formula is C16H17N3O. The highest BCUT2D eigenvalue weighted by Gasteiger charge is 2.09. The summed E-state index contributed by atoms with van der Waals surface area (Å²) in [5.41, 5.74) is 11.2. The monoisotopic (exact) mass is 267 g/mol. The number of nitrogens with zero attached hydrogens (tertiary/aromatic N) is 2. The molecule has 0 unspecified atom stereocenters. The molecule has 20 heavy (non-hydrogen) atoms. The molecule has 0 saturated carbocycles. The van der Waals surface area contributed by atoms with Crippen molar-refractivity contribution in [3.63, 3.8) is 0 Å². The predicted molar refractivity (Wildman–Crippen MR) is 79.8 cm³/mol. The van der Waals surface area contributed by atoms with Gasteiger partial charge in [-0.05, 0) is 36.8 Å². The van der Waals surface area contributed by atoms with E-state index in [1.807, 2.05) is 24.5 Å². The standard InChI is InChI=1S/C16H17N3O/c1-11-16(12-3-5-15(20-2)6-4-12)8-14-7-13(9-17)18-10-19(11)14/h3-8,10H,9,17H2,1-2H3. The lowest BCUT2D eigenvalue weighted by atomic mass is 10.1. The maximum Gasteiger partial charge on any atom is 0.118 e. The van der Waals surface area contributed by atoms with Crippen LogP contribution in [-0.4, -0.2) is 16.5 Å². The van der Waals surface area contributed by atoms with Gasteiger partial charge in [0.05, 0.1) is 19.1 Å². The van der Waals surface area contributed by atoms with E-state index in [4.69, 9.17) is 10.5 Å². The Hall–Kier alpha value is -2.33. The quantitative estimate of drug-likeness (QED) is 0.794. The van der Waals surface area contributed by atoms with Gasteiger partial charge < -0.3 is 14.9 Å². The number of nitrogens with two attached hydrogens (primary N) is 1. The Labute approximate surface area is 117 Å². The fourth-order valence-electron chi connectivity index (χ4n) is 2.42. The fourth-order valence-corrected chi connectivity index (χ4v) is 2.42. The van der Waals surface area contributed by atoms with Crippen molar-refractivity contribution >= 4 is 5.52 Å². The Morgan fingerprint density at radius 1 is 1.20 bits per heavy atom. The van der Waals surface area contributed by atoms with E-state index in [9.17, 15) is 0 Å². The Kier molecular flexibility index (Phi) is 3.16. The average molecular weight is 267 g/mol. The molecule has 0 radical (unpaired) electrons. The highest BCUT2D eigenvalue weighted by atomic mass is 16.5. The maximum absolute atomic E-state index is 5.64. The number of methoxy groups -OCH3 is 1. The van der Waals surface area contributed by atoms with Gasteiger partial charge in [0, 0.05) is 23.3 Å². The molecule has 1 aromatic carbocycles. The van der Waals surface area contributed by atoms with Crippen LogP contribution < -0.4 is 10.5 Å². The summed E-state index contributed by atoms with van der Waals surface area (Å²) in [4.78, 5) is 4.34. The Morgan fingerprint density at radius 2 is 1.95 bits per heavy atom. The second-order valence-corrected chi connectivity index (χ2v) is 4.75. The number of fused-ring (bicyclic) bond motifs is 1. The Morgan fingerprint density at radius 3 is 2.60 bits per heavy atom. The van der Waals surface area contributed by atoms with Gasteiger partial charge in [-0.3, -0.25) is 0 Å². The number of rotatable bonds is 3. The van der Waals surface area contributed by atoms with Crippen molar-refractivity contribution in [3.8, 4) is 16.9 Å². The molecule has 3 rings (SSSR count). The second kappa shape index (κ2) is 4.98. The summed E-state index contributed by atoms with van der Waals surface area (Å²) >= 11 is 0. The molecule has 0 aliphatic rings. The zero-order valence-corrected chi connectivity index (χ0v) is 11.6. The summed E-state index contributed by atoms with van der Waals surface area (Å²) in [6, 6.07) is 12.3. The van der Waals surface area contributed by atoms with Gasteiger partial charge in [0.15, 0.2) is 0 Å².